The van der Waals surface area contributed by atoms with Crippen LogP contribution in [0.1, 0.15) is 38.8 Å². The smallest absolute Gasteiger partial charge is 0.407 e. The van der Waals surface area contributed by atoms with E-state index in [0.717, 1.165) is 40.8 Å². The normalized spacial score (nSPS) is 18.3. The van der Waals surface area contributed by atoms with Crippen LogP contribution in [0.15, 0.2) is 61.1 Å². The van der Waals surface area contributed by atoms with Crippen molar-refractivity contribution in [3.05, 3.63) is 72.4 Å². The largest absolute Gasteiger partial charge is 0.444 e. The molecule has 1 aliphatic rings. The van der Waals surface area contributed by atoms with Crippen molar-refractivity contribution in [2.24, 2.45) is 7.05 Å². The number of rotatable bonds is 4. The molecule has 0 unspecified atom stereocenters. The van der Waals surface area contributed by atoms with Crippen LogP contribution >= 0.6 is 0 Å². The predicted molar refractivity (Wildman–Crippen MR) is 132 cm³/mol. The van der Waals surface area contributed by atoms with E-state index in [1.807, 2.05) is 52.5 Å². The molecular formula is C26H29FN6O2. The number of amides is 1. The van der Waals surface area contributed by atoms with Gasteiger partial charge < -0.3 is 15.0 Å². The van der Waals surface area contributed by atoms with Gasteiger partial charge in [0.2, 0.25) is 0 Å². The number of ether oxygens (including phenoxy) is 1. The number of halogens is 1. The number of anilines is 1. The number of nitrogens with zero attached hydrogens (tertiary/aromatic N) is 5. The van der Waals surface area contributed by atoms with Crippen LogP contribution in [0.4, 0.5) is 14.9 Å². The Balaban J connectivity index is 1.46. The SMILES string of the molecule is Cn1cc([C@@H]2[C@H](NC(=O)OC(C)(C)C)CCN2c2ccc3c(cnn3-c3ccc(F)cc3)c2)cn1. The number of aromatic nitrogens is 4. The van der Waals surface area contributed by atoms with Crippen molar-refractivity contribution in [2.45, 2.75) is 44.9 Å². The molecule has 2 aromatic heterocycles. The molecule has 0 bridgehead atoms. The third-order valence-corrected chi connectivity index (χ3v) is 6.12. The lowest BCUT2D eigenvalue weighted by Crippen LogP contribution is -2.42. The van der Waals surface area contributed by atoms with Gasteiger partial charge in [-0.3, -0.25) is 4.68 Å². The van der Waals surface area contributed by atoms with Gasteiger partial charge in [0.25, 0.3) is 0 Å². The number of alkyl carbamates (subject to hydrolysis) is 1. The molecule has 3 heterocycles. The molecule has 1 amide bonds. The van der Waals surface area contributed by atoms with E-state index in [1.165, 1.54) is 12.1 Å². The third kappa shape index (κ3) is 4.71. The lowest BCUT2D eigenvalue weighted by atomic mass is 10.0. The molecule has 35 heavy (non-hydrogen) atoms. The summed E-state index contributed by atoms with van der Waals surface area (Å²) >= 11 is 0. The molecule has 1 N–H and O–H groups in total. The van der Waals surface area contributed by atoms with Gasteiger partial charge in [-0.15, -0.1) is 0 Å². The first kappa shape index (κ1) is 22.9. The Hall–Kier alpha value is -3.88. The van der Waals surface area contributed by atoms with E-state index in [4.69, 9.17) is 4.74 Å². The summed E-state index contributed by atoms with van der Waals surface area (Å²) < 4.78 is 22.4. The molecule has 2 aromatic carbocycles. The average molecular weight is 477 g/mol. The zero-order valence-corrected chi connectivity index (χ0v) is 20.3. The Morgan fingerprint density at radius 1 is 1.09 bits per heavy atom. The Kier molecular flexibility index (Phi) is 5.70. The van der Waals surface area contributed by atoms with Crippen LogP contribution in [0.25, 0.3) is 16.6 Å². The van der Waals surface area contributed by atoms with E-state index >= 15 is 0 Å². The summed E-state index contributed by atoms with van der Waals surface area (Å²) in [7, 11) is 1.88. The number of hydrogen-bond donors (Lipinski definition) is 1. The maximum atomic E-state index is 13.4. The Bertz CT molecular complexity index is 1350. The average Bonchev–Trinajstić information content (AvgIpc) is 3.50. The van der Waals surface area contributed by atoms with Crippen molar-refractivity contribution in [2.75, 3.05) is 11.4 Å². The first-order chi connectivity index (χ1) is 16.7. The molecule has 5 rings (SSSR count). The monoisotopic (exact) mass is 476 g/mol. The number of aryl methyl sites for hydroxylation is 1. The molecule has 9 heteroatoms. The molecule has 1 fully saturated rings. The van der Waals surface area contributed by atoms with E-state index in [1.54, 1.807) is 21.5 Å². The van der Waals surface area contributed by atoms with Gasteiger partial charge in [-0.1, -0.05) is 0 Å². The Morgan fingerprint density at radius 2 is 1.83 bits per heavy atom. The van der Waals surface area contributed by atoms with Gasteiger partial charge in [0, 0.05) is 36.4 Å². The molecular weight excluding hydrogens is 447 g/mol. The maximum absolute atomic E-state index is 13.4. The van der Waals surface area contributed by atoms with Crippen molar-refractivity contribution in [3.8, 4) is 5.69 Å². The minimum absolute atomic E-state index is 0.0965. The van der Waals surface area contributed by atoms with Crippen molar-refractivity contribution in [1.29, 1.82) is 0 Å². The summed E-state index contributed by atoms with van der Waals surface area (Å²) in [5.41, 5.74) is 3.21. The highest BCUT2D eigenvalue weighted by Crippen LogP contribution is 2.38. The van der Waals surface area contributed by atoms with Crippen LogP contribution in [-0.2, 0) is 11.8 Å². The minimum atomic E-state index is -0.568. The number of hydrogen-bond acceptors (Lipinski definition) is 5. The molecule has 182 valence electrons. The zero-order chi connectivity index (χ0) is 24.7. The van der Waals surface area contributed by atoms with E-state index in [9.17, 15) is 9.18 Å². The highest BCUT2D eigenvalue weighted by molar-refractivity contribution is 5.84. The Morgan fingerprint density at radius 3 is 2.51 bits per heavy atom. The Labute approximate surface area is 203 Å². The van der Waals surface area contributed by atoms with Crippen molar-refractivity contribution in [3.63, 3.8) is 0 Å². The first-order valence-corrected chi connectivity index (χ1v) is 11.7. The fourth-order valence-electron chi connectivity index (χ4n) is 4.68. The van der Waals surface area contributed by atoms with Gasteiger partial charge in [-0.05, 0) is 69.7 Å². The summed E-state index contributed by atoms with van der Waals surface area (Å²) in [6.45, 7) is 6.33. The summed E-state index contributed by atoms with van der Waals surface area (Å²) in [4.78, 5) is 14.9. The van der Waals surface area contributed by atoms with Crippen molar-refractivity contribution in [1.82, 2.24) is 24.9 Å². The van der Waals surface area contributed by atoms with Crippen LogP contribution in [0, 0.1) is 5.82 Å². The second kappa shape index (κ2) is 8.72. The predicted octanol–water partition coefficient (Wildman–Crippen LogP) is 4.74. The summed E-state index contributed by atoms with van der Waals surface area (Å²) in [6, 6.07) is 12.2. The van der Waals surface area contributed by atoms with Gasteiger partial charge >= 0.3 is 6.09 Å². The van der Waals surface area contributed by atoms with Gasteiger partial charge in [-0.2, -0.15) is 10.2 Å². The topological polar surface area (TPSA) is 77.2 Å². The van der Waals surface area contributed by atoms with E-state index < -0.39 is 11.7 Å². The van der Waals surface area contributed by atoms with Crippen molar-refractivity contribution >= 4 is 22.7 Å². The van der Waals surface area contributed by atoms with E-state index in [0.29, 0.717) is 0 Å². The van der Waals surface area contributed by atoms with Gasteiger partial charge in [0.15, 0.2) is 0 Å². The second-order valence-electron chi connectivity index (χ2n) is 9.90. The van der Waals surface area contributed by atoms with Crippen LogP contribution in [-0.4, -0.2) is 43.8 Å². The highest BCUT2D eigenvalue weighted by Gasteiger charge is 2.38. The quantitative estimate of drug-likeness (QED) is 0.460. The standard InChI is InChI=1S/C26H29FN6O2/c1-26(2,3)35-25(34)30-22-11-12-32(24(22)18-15-28-31(4)16-18)21-9-10-23-17(13-21)14-29-33(23)20-7-5-19(27)6-8-20/h5-10,13-16,22,24H,11-12H2,1-4H3,(H,30,34)/t22-,24-/m1/s1. The van der Waals surface area contributed by atoms with Gasteiger partial charge in [0.05, 0.1) is 35.7 Å². The molecule has 0 saturated carbocycles. The van der Waals surface area contributed by atoms with E-state index in [-0.39, 0.29) is 17.9 Å². The molecule has 0 spiro atoms. The fraction of sp³-hybridized carbons (Fsp3) is 0.346. The molecule has 1 saturated heterocycles. The summed E-state index contributed by atoms with van der Waals surface area (Å²) in [6.07, 6.45) is 5.99. The molecule has 4 aromatic rings. The van der Waals surface area contributed by atoms with Crippen LogP contribution < -0.4 is 10.2 Å². The maximum Gasteiger partial charge on any atom is 0.407 e. The molecule has 2 atom stereocenters. The van der Waals surface area contributed by atoms with Gasteiger partial charge in [-0.25, -0.2) is 13.9 Å². The number of benzene rings is 2. The number of fused-ring (bicyclic) bond motifs is 1. The molecule has 1 aliphatic heterocycles. The number of carbonyl (C=O) groups excluding carboxylic acids is 1. The third-order valence-electron chi connectivity index (χ3n) is 6.12. The number of nitrogens with one attached hydrogen (secondary N) is 1. The minimum Gasteiger partial charge on any atom is -0.444 e. The number of carbonyl (C=O) groups is 1. The summed E-state index contributed by atoms with van der Waals surface area (Å²) in [5, 5.41) is 12.9. The van der Waals surface area contributed by atoms with Crippen molar-refractivity contribution < 1.29 is 13.9 Å². The second-order valence-corrected chi connectivity index (χ2v) is 9.90. The summed E-state index contributed by atoms with van der Waals surface area (Å²) in [5.74, 6) is -0.280. The van der Waals surface area contributed by atoms with E-state index in [2.05, 4.69) is 32.5 Å². The molecule has 8 nitrogen and oxygen atoms in total. The lowest BCUT2D eigenvalue weighted by molar-refractivity contribution is 0.0501. The van der Waals surface area contributed by atoms with Crippen LogP contribution in [0.5, 0.6) is 0 Å². The van der Waals surface area contributed by atoms with Gasteiger partial charge in [0.1, 0.15) is 11.4 Å². The van der Waals surface area contributed by atoms with Crippen LogP contribution in [0.3, 0.4) is 0 Å². The molecule has 0 radical (unpaired) electrons. The van der Waals surface area contributed by atoms with Crippen LogP contribution in [0.2, 0.25) is 0 Å². The zero-order valence-electron chi connectivity index (χ0n) is 20.3. The molecule has 0 aliphatic carbocycles. The first-order valence-electron chi connectivity index (χ1n) is 11.7. The lowest BCUT2D eigenvalue weighted by Gasteiger charge is -2.30. The highest BCUT2D eigenvalue weighted by atomic mass is 19.1. The fourth-order valence-corrected chi connectivity index (χ4v) is 4.68.